The van der Waals surface area contributed by atoms with Crippen molar-refractivity contribution in [1.82, 2.24) is 4.98 Å². The molecule has 0 amide bonds. The average Bonchev–Trinajstić information content (AvgIpc) is 2.81. The van der Waals surface area contributed by atoms with Crippen LogP contribution >= 0.6 is 0 Å². The molecule has 0 spiro atoms. The number of carboxylic acids is 1. The standard InChI is InChI=1S/C26H28N4O3/c1-29(19-3-5-20(6-4-19)30-12-2-13-30)21-7-8-22-18(10-14-33-25(22)15-21)16-28-24-17-27-11-9-23(24)26(31)32/h3-9,11,15,17-18,28H,2,10,12-14,16H2,1H3,(H,31,32)/t18-/m0/s1. The number of carbonyl (C=O) groups is 1. The number of nitrogens with one attached hydrogen (secondary N) is 1. The second-order valence-corrected chi connectivity index (χ2v) is 8.58. The van der Waals surface area contributed by atoms with Gasteiger partial charge in [-0.2, -0.15) is 0 Å². The zero-order valence-corrected chi connectivity index (χ0v) is 18.7. The number of ether oxygens (including phenoxy) is 1. The SMILES string of the molecule is CN(c1ccc(N2CCC2)cc1)c1ccc2c(c1)OCC[C@H]2CNc1cnccc1C(=O)O. The molecule has 2 aliphatic rings. The van der Waals surface area contributed by atoms with E-state index in [9.17, 15) is 9.90 Å². The predicted molar refractivity (Wildman–Crippen MR) is 130 cm³/mol. The van der Waals surface area contributed by atoms with Gasteiger partial charge in [0.1, 0.15) is 5.75 Å². The highest BCUT2D eigenvalue weighted by Gasteiger charge is 2.23. The van der Waals surface area contributed by atoms with Crippen LogP contribution in [-0.2, 0) is 0 Å². The van der Waals surface area contributed by atoms with E-state index >= 15 is 0 Å². The summed E-state index contributed by atoms with van der Waals surface area (Å²) in [5.41, 5.74) is 5.39. The Hall–Kier alpha value is -3.74. The maximum Gasteiger partial charge on any atom is 0.337 e. The van der Waals surface area contributed by atoms with Gasteiger partial charge in [-0.05, 0) is 54.8 Å². The highest BCUT2D eigenvalue weighted by molar-refractivity contribution is 5.93. The molecule has 2 N–H and O–H groups in total. The quantitative estimate of drug-likeness (QED) is 0.545. The fourth-order valence-electron chi connectivity index (χ4n) is 4.44. The van der Waals surface area contributed by atoms with Crippen molar-refractivity contribution in [1.29, 1.82) is 0 Å². The molecular formula is C26H28N4O3. The van der Waals surface area contributed by atoms with E-state index in [1.165, 1.54) is 24.4 Å². The molecule has 3 heterocycles. The van der Waals surface area contributed by atoms with Crippen LogP contribution in [0, 0.1) is 0 Å². The van der Waals surface area contributed by atoms with E-state index in [0.717, 1.165) is 42.2 Å². The second-order valence-electron chi connectivity index (χ2n) is 8.58. The van der Waals surface area contributed by atoms with E-state index in [0.29, 0.717) is 18.8 Å². The molecule has 5 rings (SSSR count). The zero-order valence-electron chi connectivity index (χ0n) is 18.7. The summed E-state index contributed by atoms with van der Waals surface area (Å²) in [6.07, 6.45) is 5.20. The number of nitrogens with zero attached hydrogens (tertiary/aromatic N) is 3. The van der Waals surface area contributed by atoms with Crippen LogP contribution in [0.1, 0.15) is 34.7 Å². The van der Waals surface area contributed by atoms with Gasteiger partial charge < -0.3 is 25.0 Å². The Balaban J connectivity index is 1.30. The highest BCUT2D eigenvalue weighted by atomic mass is 16.5. The Morgan fingerprint density at radius 1 is 1.18 bits per heavy atom. The van der Waals surface area contributed by atoms with Crippen LogP contribution in [-0.4, -0.2) is 49.3 Å². The van der Waals surface area contributed by atoms with Gasteiger partial charge in [0.15, 0.2) is 0 Å². The Labute approximate surface area is 193 Å². The molecule has 2 aliphatic heterocycles. The van der Waals surface area contributed by atoms with E-state index in [2.05, 4.69) is 69.6 Å². The van der Waals surface area contributed by atoms with Gasteiger partial charge in [-0.3, -0.25) is 4.98 Å². The third kappa shape index (κ3) is 4.31. The van der Waals surface area contributed by atoms with Crippen LogP contribution in [0.3, 0.4) is 0 Å². The van der Waals surface area contributed by atoms with E-state index in [4.69, 9.17) is 4.74 Å². The van der Waals surface area contributed by atoms with Crippen LogP contribution in [0.5, 0.6) is 5.75 Å². The van der Waals surface area contributed by atoms with Crippen molar-refractivity contribution in [3.63, 3.8) is 0 Å². The minimum atomic E-state index is -0.960. The Morgan fingerprint density at radius 2 is 1.97 bits per heavy atom. The van der Waals surface area contributed by atoms with Crippen molar-refractivity contribution in [2.75, 3.05) is 48.4 Å². The lowest BCUT2D eigenvalue weighted by Crippen LogP contribution is -2.36. The summed E-state index contributed by atoms with van der Waals surface area (Å²) in [5, 5.41) is 12.7. The van der Waals surface area contributed by atoms with Gasteiger partial charge in [-0.1, -0.05) is 6.07 Å². The summed E-state index contributed by atoms with van der Waals surface area (Å²) in [5.74, 6) is 0.155. The van der Waals surface area contributed by atoms with Crippen molar-refractivity contribution in [2.45, 2.75) is 18.8 Å². The first-order valence-electron chi connectivity index (χ1n) is 11.4. The minimum Gasteiger partial charge on any atom is -0.493 e. The molecule has 33 heavy (non-hydrogen) atoms. The summed E-state index contributed by atoms with van der Waals surface area (Å²) in [4.78, 5) is 20.1. The molecule has 1 atom stereocenters. The normalized spacial score (nSPS) is 16.9. The van der Waals surface area contributed by atoms with E-state index in [-0.39, 0.29) is 11.5 Å². The number of anilines is 4. The predicted octanol–water partition coefficient (Wildman–Crippen LogP) is 4.74. The van der Waals surface area contributed by atoms with Crippen molar-refractivity contribution in [3.05, 3.63) is 72.1 Å². The molecule has 0 aliphatic carbocycles. The van der Waals surface area contributed by atoms with Gasteiger partial charge >= 0.3 is 5.97 Å². The smallest absolute Gasteiger partial charge is 0.337 e. The van der Waals surface area contributed by atoms with Gasteiger partial charge in [0.25, 0.3) is 0 Å². The Kier molecular flexibility index (Phi) is 5.77. The van der Waals surface area contributed by atoms with E-state index < -0.39 is 5.97 Å². The van der Waals surface area contributed by atoms with Crippen molar-refractivity contribution in [2.24, 2.45) is 0 Å². The number of rotatable bonds is 7. The topological polar surface area (TPSA) is 77.9 Å². The van der Waals surface area contributed by atoms with Crippen LogP contribution in [0.2, 0.25) is 0 Å². The molecule has 0 unspecified atom stereocenters. The summed E-state index contributed by atoms with van der Waals surface area (Å²) >= 11 is 0. The van der Waals surface area contributed by atoms with Crippen LogP contribution in [0.15, 0.2) is 60.9 Å². The summed E-state index contributed by atoms with van der Waals surface area (Å²) in [6.45, 7) is 3.54. The van der Waals surface area contributed by atoms with Crippen molar-refractivity contribution in [3.8, 4) is 5.75 Å². The fraction of sp³-hybridized carbons (Fsp3) is 0.308. The number of hydrogen-bond acceptors (Lipinski definition) is 6. The number of aromatic carboxylic acids is 1. The fourth-order valence-corrected chi connectivity index (χ4v) is 4.44. The zero-order chi connectivity index (χ0) is 22.8. The van der Waals surface area contributed by atoms with Gasteiger partial charge in [0.2, 0.25) is 0 Å². The molecule has 7 heteroatoms. The number of fused-ring (bicyclic) bond motifs is 1. The summed E-state index contributed by atoms with van der Waals surface area (Å²) in [6, 6.07) is 16.6. The molecule has 2 aromatic carbocycles. The first-order chi connectivity index (χ1) is 16.1. The molecule has 170 valence electrons. The summed E-state index contributed by atoms with van der Waals surface area (Å²) < 4.78 is 6.00. The number of aromatic nitrogens is 1. The van der Waals surface area contributed by atoms with Crippen molar-refractivity contribution >= 4 is 28.7 Å². The Bertz CT molecular complexity index is 1140. The third-order valence-electron chi connectivity index (χ3n) is 6.60. The van der Waals surface area contributed by atoms with Gasteiger partial charge in [-0.25, -0.2) is 4.79 Å². The first-order valence-corrected chi connectivity index (χ1v) is 11.4. The largest absolute Gasteiger partial charge is 0.493 e. The minimum absolute atomic E-state index is 0.228. The molecular weight excluding hydrogens is 416 g/mol. The number of hydrogen-bond donors (Lipinski definition) is 2. The molecule has 1 fully saturated rings. The Morgan fingerprint density at radius 3 is 2.70 bits per heavy atom. The average molecular weight is 445 g/mol. The molecule has 0 radical (unpaired) electrons. The molecule has 1 saturated heterocycles. The van der Waals surface area contributed by atoms with Gasteiger partial charge in [0.05, 0.1) is 24.1 Å². The van der Waals surface area contributed by atoms with Gasteiger partial charge in [-0.15, -0.1) is 0 Å². The van der Waals surface area contributed by atoms with Crippen molar-refractivity contribution < 1.29 is 14.6 Å². The summed E-state index contributed by atoms with van der Waals surface area (Å²) in [7, 11) is 2.07. The molecule has 1 aromatic heterocycles. The lowest BCUT2D eigenvalue weighted by molar-refractivity contribution is 0.0697. The number of pyridine rings is 1. The van der Waals surface area contributed by atoms with Crippen LogP contribution < -0.4 is 19.9 Å². The van der Waals surface area contributed by atoms with Crippen LogP contribution in [0.25, 0.3) is 0 Å². The number of carboxylic acid groups (broad SMARTS) is 1. The maximum atomic E-state index is 11.5. The molecule has 3 aromatic rings. The maximum absolute atomic E-state index is 11.5. The monoisotopic (exact) mass is 444 g/mol. The second kappa shape index (κ2) is 9.02. The highest BCUT2D eigenvalue weighted by Crippen LogP contribution is 2.38. The molecule has 0 bridgehead atoms. The third-order valence-corrected chi connectivity index (χ3v) is 6.60. The van der Waals surface area contributed by atoms with Crippen LogP contribution in [0.4, 0.5) is 22.7 Å². The van der Waals surface area contributed by atoms with E-state index in [1.807, 2.05) is 0 Å². The lowest BCUT2D eigenvalue weighted by atomic mass is 9.92. The van der Waals surface area contributed by atoms with Gasteiger partial charge in [0, 0.05) is 61.9 Å². The number of benzene rings is 2. The van der Waals surface area contributed by atoms with E-state index in [1.54, 1.807) is 6.20 Å². The molecule has 7 nitrogen and oxygen atoms in total. The molecule has 0 saturated carbocycles. The first kappa shape index (κ1) is 21.1. The lowest BCUT2D eigenvalue weighted by Gasteiger charge is -2.33.